The Labute approximate surface area is 82.9 Å². The number of hydrogen-bond donors (Lipinski definition) is 1. The minimum atomic E-state index is 1.05. The Morgan fingerprint density at radius 2 is 2.46 bits per heavy atom. The average molecular weight is 197 g/mol. The van der Waals surface area contributed by atoms with Crippen molar-refractivity contribution in [3.63, 3.8) is 0 Å². The van der Waals surface area contributed by atoms with Gasteiger partial charge in [-0.1, -0.05) is 0 Å². The van der Waals surface area contributed by atoms with E-state index in [1.54, 1.807) is 0 Å². The number of rotatable bonds is 2. The fourth-order valence-corrected chi connectivity index (χ4v) is 2.50. The number of nitrogens with one attached hydrogen (secondary N) is 1. The lowest BCUT2D eigenvalue weighted by Gasteiger charge is -2.17. The van der Waals surface area contributed by atoms with Crippen LogP contribution in [0.5, 0.6) is 0 Å². The van der Waals surface area contributed by atoms with Gasteiger partial charge in [-0.15, -0.1) is 0 Å². The van der Waals surface area contributed by atoms with Crippen molar-refractivity contribution in [2.75, 3.05) is 24.6 Å². The lowest BCUT2D eigenvalue weighted by atomic mass is 10.3. The second-order valence-electron chi connectivity index (χ2n) is 3.35. The van der Waals surface area contributed by atoms with E-state index in [4.69, 9.17) is 0 Å². The van der Waals surface area contributed by atoms with Crippen LogP contribution < -0.4 is 0 Å². The number of aromatic nitrogens is 2. The van der Waals surface area contributed by atoms with Crippen molar-refractivity contribution in [1.82, 2.24) is 15.1 Å². The fourth-order valence-electron chi connectivity index (χ4n) is 1.58. The molecule has 0 unspecified atom stereocenters. The van der Waals surface area contributed by atoms with Crippen molar-refractivity contribution >= 4 is 11.8 Å². The first kappa shape index (κ1) is 9.09. The van der Waals surface area contributed by atoms with Gasteiger partial charge in [-0.3, -0.25) is 10.00 Å². The van der Waals surface area contributed by atoms with Crippen LogP contribution in [-0.2, 0) is 6.54 Å². The Bertz CT molecular complexity index is 227. The maximum Gasteiger partial charge on any atom is 0.0532 e. The number of nitrogens with zero attached hydrogens (tertiary/aromatic N) is 2. The van der Waals surface area contributed by atoms with Gasteiger partial charge in [0.15, 0.2) is 0 Å². The van der Waals surface area contributed by atoms with Crippen LogP contribution in [0.2, 0.25) is 0 Å². The van der Waals surface area contributed by atoms with Crippen LogP contribution in [0.4, 0.5) is 0 Å². The normalized spacial score (nSPS) is 20.0. The van der Waals surface area contributed by atoms with Gasteiger partial charge in [-0.05, 0) is 18.7 Å². The van der Waals surface area contributed by atoms with Crippen LogP contribution in [-0.4, -0.2) is 39.7 Å². The summed E-state index contributed by atoms with van der Waals surface area (Å²) in [7, 11) is 0. The monoisotopic (exact) mass is 197 g/mol. The zero-order valence-electron chi connectivity index (χ0n) is 7.70. The quantitative estimate of drug-likeness (QED) is 0.776. The molecule has 0 saturated carbocycles. The molecule has 0 aliphatic carbocycles. The molecule has 2 heterocycles. The number of H-pyrrole nitrogens is 1. The molecule has 13 heavy (non-hydrogen) atoms. The van der Waals surface area contributed by atoms with Crippen LogP contribution in [0.1, 0.15) is 12.0 Å². The van der Waals surface area contributed by atoms with E-state index < -0.39 is 0 Å². The molecule has 0 spiro atoms. The van der Waals surface area contributed by atoms with Gasteiger partial charge in [0.25, 0.3) is 0 Å². The van der Waals surface area contributed by atoms with Gasteiger partial charge < -0.3 is 0 Å². The van der Waals surface area contributed by atoms with Crippen molar-refractivity contribution in [1.29, 1.82) is 0 Å². The van der Waals surface area contributed by atoms with Crippen LogP contribution in [0, 0.1) is 0 Å². The first-order valence-electron chi connectivity index (χ1n) is 4.73. The maximum absolute atomic E-state index is 3.95. The van der Waals surface area contributed by atoms with E-state index in [9.17, 15) is 0 Å². The molecule has 1 fully saturated rings. The van der Waals surface area contributed by atoms with Gasteiger partial charge in [0.05, 0.1) is 6.20 Å². The Morgan fingerprint density at radius 3 is 3.31 bits per heavy atom. The molecule has 2 rings (SSSR count). The Hall–Kier alpha value is -0.480. The smallest absolute Gasteiger partial charge is 0.0532 e. The summed E-state index contributed by atoms with van der Waals surface area (Å²) < 4.78 is 0. The fraction of sp³-hybridized carbons (Fsp3) is 0.667. The summed E-state index contributed by atoms with van der Waals surface area (Å²) in [5, 5.41) is 6.81. The highest BCUT2D eigenvalue weighted by Crippen LogP contribution is 2.12. The van der Waals surface area contributed by atoms with Crippen molar-refractivity contribution in [3.8, 4) is 0 Å². The Balaban J connectivity index is 1.86. The molecule has 1 aliphatic rings. The van der Waals surface area contributed by atoms with E-state index in [1.807, 2.05) is 12.4 Å². The molecule has 1 saturated heterocycles. The average Bonchev–Trinajstić information content (AvgIpc) is 2.49. The summed E-state index contributed by atoms with van der Waals surface area (Å²) in [5.74, 6) is 2.60. The molecule has 3 nitrogen and oxygen atoms in total. The van der Waals surface area contributed by atoms with Crippen LogP contribution in [0.3, 0.4) is 0 Å². The molecule has 0 radical (unpaired) electrons. The van der Waals surface area contributed by atoms with E-state index >= 15 is 0 Å². The first-order valence-corrected chi connectivity index (χ1v) is 5.88. The van der Waals surface area contributed by atoms with Crippen LogP contribution >= 0.6 is 11.8 Å². The lowest BCUT2D eigenvalue weighted by Crippen LogP contribution is -2.25. The van der Waals surface area contributed by atoms with Crippen molar-refractivity contribution < 1.29 is 0 Å². The lowest BCUT2D eigenvalue weighted by molar-refractivity contribution is 0.287. The summed E-state index contributed by atoms with van der Waals surface area (Å²) in [4.78, 5) is 2.50. The first-order chi connectivity index (χ1) is 6.45. The summed E-state index contributed by atoms with van der Waals surface area (Å²) in [5.41, 5.74) is 1.30. The Morgan fingerprint density at radius 1 is 1.46 bits per heavy atom. The number of hydrogen-bond acceptors (Lipinski definition) is 3. The van der Waals surface area contributed by atoms with Gasteiger partial charge in [0, 0.05) is 30.6 Å². The Kier molecular flexibility index (Phi) is 3.27. The van der Waals surface area contributed by atoms with E-state index in [-0.39, 0.29) is 0 Å². The van der Waals surface area contributed by atoms with E-state index in [2.05, 4.69) is 26.9 Å². The minimum absolute atomic E-state index is 1.05. The minimum Gasteiger partial charge on any atom is -0.298 e. The molecule has 72 valence electrons. The highest BCUT2D eigenvalue weighted by Gasteiger charge is 2.09. The molecule has 1 N–H and O–H groups in total. The molecule has 1 aromatic rings. The van der Waals surface area contributed by atoms with Gasteiger partial charge in [0.1, 0.15) is 0 Å². The van der Waals surface area contributed by atoms with Gasteiger partial charge in [-0.2, -0.15) is 16.9 Å². The van der Waals surface area contributed by atoms with E-state index in [1.165, 1.54) is 36.6 Å². The molecular weight excluding hydrogens is 182 g/mol. The molecular formula is C9H15N3S. The molecule has 0 atom stereocenters. The molecule has 0 bridgehead atoms. The van der Waals surface area contributed by atoms with Gasteiger partial charge in [-0.25, -0.2) is 0 Å². The number of thioether (sulfide) groups is 1. The third-order valence-electron chi connectivity index (χ3n) is 2.28. The van der Waals surface area contributed by atoms with Crippen molar-refractivity contribution in [3.05, 3.63) is 18.0 Å². The van der Waals surface area contributed by atoms with Gasteiger partial charge in [0.2, 0.25) is 0 Å². The molecule has 1 aliphatic heterocycles. The second-order valence-corrected chi connectivity index (χ2v) is 4.57. The third kappa shape index (κ3) is 2.74. The maximum atomic E-state index is 3.95. The third-order valence-corrected chi connectivity index (χ3v) is 3.32. The summed E-state index contributed by atoms with van der Waals surface area (Å²) in [6.07, 6.45) is 5.22. The zero-order chi connectivity index (χ0) is 8.93. The topological polar surface area (TPSA) is 31.9 Å². The summed E-state index contributed by atoms with van der Waals surface area (Å²) in [6, 6.07) is 0. The number of aromatic amines is 1. The van der Waals surface area contributed by atoms with Crippen molar-refractivity contribution in [2.24, 2.45) is 0 Å². The largest absolute Gasteiger partial charge is 0.298 e. The summed E-state index contributed by atoms with van der Waals surface area (Å²) >= 11 is 2.07. The highest BCUT2D eigenvalue weighted by atomic mass is 32.2. The zero-order valence-corrected chi connectivity index (χ0v) is 8.52. The molecule has 0 amide bonds. The predicted octanol–water partition coefficient (Wildman–Crippen LogP) is 1.35. The van der Waals surface area contributed by atoms with Crippen LogP contribution in [0.25, 0.3) is 0 Å². The van der Waals surface area contributed by atoms with Crippen LogP contribution in [0.15, 0.2) is 12.4 Å². The molecule has 4 heteroatoms. The standard InChI is InChI=1S/C9H15N3S/c1-2-12(3-5-13-4-1)8-9-6-10-11-7-9/h6-7H,1-5,8H2,(H,10,11). The van der Waals surface area contributed by atoms with E-state index in [0.29, 0.717) is 0 Å². The SMILES string of the molecule is c1n[nH]cc1CN1CCCSCC1. The van der Waals surface area contributed by atoms with Gasteiger partial charge >= 0.3 is 0 Å². The predicted molar refractivity (Wildman–Crippen MR) is 55.8 cm³/mol. The highest BCUT2D eigenvalue weighted by molar-refractivity contribution is 7.99. The van der Waals surface area contributed by atoms with E-state index in [0.717, 1.165) is 6.54 Å². The molecule has 0 aromatic carbocycles. The molecule has 1 aromatic heterocycles. The summed E-state index contributed by atoms with van der Waals surface area (Å²) in [6.45, 7) is 3.51. The second kappa shape index (κ2) is 4.67. The van der Waals surface area contributed by atoms with Crippen molar-refractivity contribution in [2.45, 2.75) is 13.0 Å².